The molecule has 0 aliphatic heterocycles. The zero-order chi connectivity index (χ0) is 12.5. The summed E-state index contributed by atoms with van der Waals surface area (Å²) in [6.07, 6.45) is 0. The molecule has 0 aliphatic carbocycles. The van der Waals surface area contributed by atoms with Crippen LogP contribution < -0.4 is 4.74 Å². The second-order valence-electron chi connectivity index (χ2n) is 2.86. The van der Waals surface area contributed by atoms with Crippen LogP contribution in [-0.4, -0.2) is 15.5 Å². The SMILES string of the molecule is COc1c(CS(=O)(=O)Cl)cc(F)c(F)c1F. The molecule has 0 saturated heterocycles. The van der Waals surface area contributed by atoms with Crippen molar-refractivity contribution < 1.29 is 26.3 Å². The first kappa shape index (κ1) is 13.1. The predicted molar refractivity (Wildman–Crippen MR) is 51.3 cm³/mol. The molecule has 0 aliphatic rings. The molecule has 1 aromatic carbocycles. The van der Waals surface area contributed by atoms with E-state index in [9.17, 15) is 21.6 Å². The number of hydrogen-bond acceptors (Lipinski definition) is 3. The molecule has 16 heavy (non-hydrogen) atoms. The lowest BCUT2D eigenvalue weighted by molar-refractivity contribution is 0.357. The van der Waals surface area contributed by atoms with Gasteiger partial charge in [-0.1, -0.05) is 0 Å². The minimum atomic E-state index is -4.02. The van der Waals surface area contributed by atoms with E-state index in [2.05, 4.69) is 4.74 Å². The molecule has 0 N–H and O–H groups in total. The summed E-state index contributed by atoms with van der Waals surface area (Å²) in [5.74, 6) is -6.35. The molecule has 3 nitrogen and oxygen atoms in total. The fraction of sp³-hybridized carbons (Fsp3) is 0.250. The number of halogens is 4. The molecule has 0 unspecified atom stereocenters. The van der Waals surface area contributed by atoms with Gasteiger partial charge in [-0.25, -0.2) is 17.2 Å². The summed E-state index contributed by atoms with van der Waals surface area (Å²) in [5, 5.41) is 0. The second kappa shape index (κ2) is 4.50. The molecule has 0 spiro atoms. The van der Waals surface area contributed by atoms with Gasteiger partial charge in [0.1, 0.15) is 0 Å². The maximum atomic E-state index is 13.1. The molecule has 8 heteroatoms. The minimum Gasteiger partial charge on any atom is -0.493 e. The van der Waals surface area contributed by atoms with Crippen molar-refractivity contribution in [2.75, 3.05) is 7.11 Å². The first-order chi connectivity index (χ1) is 7.26. The number of ether oxygens (including phenoxy) is 1. The van der Waals surface area contributed by atoms with Crippen molar-refractivity contribution in [2.45, 2.75) is 5.75 Å². The van der Waals surface area contributed by atoms with E-state index >= 15 is 0 Å². The van der Waals surface area contributed by atoms with Crippen molar-refractivity contribution in [1.29, 1.82) is 0 Å². The summed E-state index contributed by atoms with van der Waals surface area (Å²) < 4.78 is 64.7. The van der Waals surface area contributed by atoms with Crippen LogP contribution in [0.5, 0.6) is 5.75 Å². The number of benzene rings is 1. The normalized spacial score (nSPS) is 11.6. The molecule has 0 fully saturated rings. The van der Waals surface area contributed by atoms with Gasteiger partial charge in [0.25, 0.3) is 0 Å². The van der Waals surface area contributed by atoms with Crippen molar-refractivity contribution in [2.24, 2.45) is 0 Å². The van der Waals surface area contributed by atoms with Crippen molar-refractivity contribution in [3.05, 3.63) is 29.1 Å². The Morgan fingerprint density at radius 3 is 2.31 bits per heavy atom. The predicted octanol–water partition coefficient (Wildman–Crippen LogP) is 2.18. The van der Waals surface area contributed by atoms with Crippen molar-refractivity contribution in [3.63, 3.8) is 0 Å². The maximum absolute atomic E-state index is 13.1. The number of methoxy groups -OCH3 is 1. The Bertz CT molecular complexity index is 516. The third kappa shape index (κ3) is 2.79. The third-order valence-corrected chi connectivity index (χ3v) is 2.71. The highest BCUT2D eigenvalue weighted by Gasteiger charge is 2.22. The zero-order valence-electron chi connectivity index (χ0n) is 7.93. The van der Waals surface area contributed by atoms with E-state index in [0.29, 0.717) is 6.07 Å². The zero-order valence-corrected chi connectivity index (χ0v) is 9.50. The van der Waals surface area contributed by atoms with Gasteiger partial charge in [0.05, 0.1) is 12.9 Å². The molecular weight excluding hydrogens is 269 g/mol. The van der Waals surface area contributed by atoms with Gasteiger partial charge in [0, 0.05) is 16.2 Å². The van der Waals surface area contributed by atoms with E-state index in [1.54, 1.807) is 0 Å². The van der Waals surface area contributed by atoms with Gasteiger partial charge in [0.2, 0.25) is 14.9 Å². The second-order valence-corrected chi connectivity index (χ2v) is 5.64. The van der Waals surface area contributed by atoms with Crippen LogP contribution in [0.2, 0.25) is 0 Å². The van der Waals surface area contributed by atoms with Crippen molar-refractivity contribution in [3.8, 4) is 5.75 Å². The molecule has 0 amide bonds. The molecule has 1 aromatic rings. The topological polar surface area (TPSA) is 43.4 Å². The van der Waals surface area contributed by atoms with Crippen LogP contribution in [0, 0.1) is 17.5 Å². The average molecular weight is 275 g/mol. The van der Waals surface area contributed by atoms with Gasteiger partial charge in [-0.3, -0.25) is 0 Å². The minimum absolute atomic E-state index is 0.381. The van der Waals surface area contributed by atoms with Gasteiger partial charge in [0.15, 0.2) is 17.4 Å². The smallest absolute Gasteiger partial charge is 0.236 e. The van der Waals surface area contributed by atoms with E-state index in [1.807, 2.05) is 0 Å². The van der Waals surface area contributed by atoms with Gasteiger partial charge < -0.3 is 4.74 Å². The molecule has 90 valence electrons. The van der Waals surface area contributed by atoms with E-state index < -0.39 is 38.0 Å². The van der Waals surface area contributed by atoms with Crippen LogP contribution in [0.15, 0.2) is 6.07 Å². The van der Waals surface area contributed by atoms with Crippen LogP contribution in [0.4, 0.5) is 13.2 Å². The first-order valence-electron chi connectivity index (χ1n) is 3.89. The van der Waals surface area contributed by atoms with E-state index in [1.165, 1.54) is 0 Å². The molecule has 0 bridgehead atoms. The van der Waals surface area contributed by atoms with Crippen LogP contribution >= 0.6 is 10.7 Å². The molecule has 0 aromatic heterocycles. The van der Waals surface area contributed by atoms with Crippen LogP contribution in [0.3, 0.4) is 0 Å². The van der Waals surface area contributed by atoms with Crippen molar-refractivity contribution in [1.82, 2.24) is 0 Å². The fourth-order valence-corrected chi connectivity index (χ4v) is 2.08. The van der Waals surface area contributed by atoms with Gasteiger partial charge in [-0.2, -0.15) is 4.39 Å². The van der Waals surface area contributed by atoms with E-state index in [0.717, 1.165) is 7.11 Å². The number of rotatable bonds is 3. The monoisotopic (exact) mass is 274 g/mol. The molecule has 1 rings (SSSR count). The Labute approximate surface area is 94.2 Å². The van der Waals surface area contributed by atoms with Gasteiger partial charge in [-0.05, 0) is 6.07 Å². The summed E-state index contributed by atoms with van der Waals surface area (Å²) >= 11 is 0. The Balaban J connectivity index is 3.39. The highest BCUT2D eigenvalue weighted by atomic mass is 35.7. The molecule has 0 saturated carbocycles. The summed E-state index contributed by atoms with van der Waals surface area (Å²) in [5.41, 5.74) is -0.381. The first-order valence-corrected chi connectivity index (χ1v) is 6.36. The van der Waals surface area contributed by atoms with Crippen molar-refractivity contribution >= 4 is 19.7 Å². The summed E-state index contributed by atoms with van der Waals surface area (Å²) in [6.45, 7) is 0. The lowest BCUT2D eigenvalue weighted by Gasteiger charge is -2.09. The molecular formula is C8H6ClF3O3S. The molecule has 0 radical (unpaired) electrons. The third-order valence-electron chi connectivity index (χ3n) is 1.73. The molecule has 0 heterocycles. The Hall–Kier alpha value is -0.950. The average Bonchev–Trinajstić information content (AvgIpc) is 2.12. The lowest BCUT2D eigenvalue weighted by atomic mass is 10.2. The lowest BCUT2D eigenvalue weighted by Crippen LogP contribution is -2.04. The Kier molecular flexibility index (Phi) is 3.69. The molecule has 0 atom stereocenters. The maximum Gasteiger partial charge on any atom is 0.236 e. The summed E-state index contributed by atoms with van der Waals surface area (Å²) in [6, 6.07) is 0.525. The Morgan fingerprint density at radius 2 is 1.88 bits per heavy atom. The summed E-state index contributed by atoms with van der Waals surface area (Å²) in [7, 11) is 1.90. The van der Waals surface area contributed by atoms with Crippen LogP contribution in [0.1, 0.15) is 5.56 Å². The highest BCUT2D eigenvalue weighted by Crippen LogP contribution is 2.29. The Morgan fingerprint density at radius 1 is 1.31 bits per heavy atom. The quantitative estimate of drug-likeness (QED) is 0.627. The van der Waals surface area contributed by atoms with Gasteiger partial charge >= 0.3 is 0 Å². The van der Waals surface area contributed by atoms with E-state index in [-0.39, 0.29) is 5.56 Å². The highest BCUT2D eigenvalue weighted by molar-refractivity contribution is 8.13. The van der Waals surface area contributed by atoms with Crippen LogP contribution in [0.25, 0.3) is 0 Å². The number of hydrogen-bond donors (Lipinski definition) is 0. The summed E-state index contributed by atoms with van der Waals surface area (Å²) in [4.78, 5) is 0. The van der Waals surface area contributed by atoms with Crippen LogP contribution in [-0.2, 0) is 14.8 Å². The van der Waals surface area contributed by atoms with E-state index in [4.69, 9.17) is 10.7 Å². The van der Waals surface area contributed by atoms with Gasteiger partial charge in [-0.15, -0.1) is 0 Å². The fourth-order valence-electron chi connectivity index (χ4n) is 1.14. The standard InChI is InChI=1S/C8H6ClF3O3S/c1-15-8-4(3-16(9,13)14)2-5(10)6(11)7(8)12/h2H,3H2,1H3. The largest absolute Gasteiger partial charge is 0.493 e.